The molecule has 1 fully saturated rings. The second kappa shape index (κ2) is 18.6. The van der Waals surface area contributed by atoms with Crippen LogP contribution in [0.4, 0.5) is 0 Å². The minimum atomic E-state index is -0.632. The summed E-state index contributed by atoms with van der Waals surface area (Å²) in [6.07, 6.45) is 2.14. The summed E-state index contributed by atoms with van der Waals surface area (Å²) in [7, 11) is 0. The Labute approximate surface area is 311 Å². The molecular formula is C39H42N6O7S. The molecule has 1 saturated heterocycles. The van der Waals surface area contributed by atoms with Crippen LogP contribution in [0.3, 0.4) is 0 Å². The second-order valence-electron chi connectivity index (χ2n) is 12.7. The highest BCUT2D eigenvalue weighted by molar-refractivity contribution is 7.99. The number of nitrogens with zero attached hydrogens (tertiary/aromatic N) is 4. The predicted molar refractivity (Wildman–Crippen MR) is 197 cm³/mol. The molecule has 3 atom stereocenters. The molecule has 0 bridgehead atoms. The zero-order valence-corrected chi connectivity index (χ0v) is 29.8. The Morgan fingerprint density at radius 2 is 1.57 bits per heavy atom. The van der Waals surface area contributed by atoms with Gasteiger partial charge >= 0.3 is 0 Å². The summed E-state index contributed by atoms with van der Waals surface area (Å²) in [5, 5.41) is 43.6. The van der Waals surface area contributed by atoms with E-state index in [4.69, 9.17) is 14.7 Å². The number of phenolic OH excluding ortho intramolecular Hbond substituents is 1. The molecule has 0 unspecified atom stereocenters. The predicted octanol–water partition coefficient (Wildman–Crippen LogP) is 5.94. The van der Waals surface area contributed by atoms with Crippen LogP contribution in [-0.4, -0.2) is 59.3 Å². The second-order valence-corrected chi connectivity index (χ2v) is 13.7. The Bertz CT molecular complexity index is 1940. The monoisotopic (exact) mass is 738 g/mol. The maximum Gasteiger partial charge on any atom is 0.243 e. The van der Waals surface area contributed by atoms with Crippen LogP contribution in [0.1, 0.15) is 73.2 Å². The highest BCUT2D eigenvalue weighted by Crippen LogP contribution is 2.40. The third-order valence-electron chi connectivity index (χ3n) is 8.91. The fourth-order valence-electron chi connectivity index (χ4n) is 6.00. The van der Waals surface area contributed by atoms with E-state index in [2.05, 4.69) is 26.9 Å². The van der Waals surface area contributed by atoms with Crippen LogP contribution in [0.5, 0.6) is 5.75 Å². The first-order valence-electron chi connectivity index (χ1n) is 17.5. The topological polar surface area (TPSA) is 181 Å². The number of hydrogen-bond donors (Lipinski definition) is 5. The Morgan fingerprint density at radius 1 is 0.830 bits per heavy atom. The molecule has 1 aliphatic heterocycles. The number of aromatic nitrogens is 4. The van der Waals surface area contributed by atoms with E-state index in [9.17, 15) is 19.8 Å². The number of thioether (sulfide) groups is 1. The molecule has 0 radical (unpaired) electrons. The van der Waals surface area contributed by atoms with Gasteiger partial charge in [-0.15, -0.1) is 5.10 Å². The van der Waals surface area contributed by atoms with Crippen molar-refractivity contribution in [2.45, 2.75) is 75.3 Å². The number of hydroxylamine groups is 1. The van der Waals surface area contributed by atoms with Gasteiger partial charge in [-0.25, -0.2) is 5.48 Å². The summed E-state index contributed by atoms with van der Waals surface area (Å²) in [5.41, 5.74) is 8.03. The van der Waals surface area contributed by atoms with Crippen molar-refractivity contribution >= 4 is 23.6 Å². The first kappa shape index (κ1) is 37.6. The highest BCUT2D eigenvalue weighted by Gasteiger charge is 2.32. The minimum Gasteiger partial charge on any atom is -0.508 e. The maximum atomic E-state index is 12.4. The average Bonchev–Trinajstić information content (AvgIpc) is 3.68. The molecule has 276 valence electrons. The molecule has 53 heavy (non-hydrogen) atoms. The van der Waals surface area contributed by atoms with Gasteiger partial charge in [0, 0.05) is 37.1 Å². The number of phenols is 1. The summed E-state index contributed by atoms with van der Waals surface area (Å²) < 4.78 is 14.7. The largest absolute Gasteiger partial charge is 0.508 e. The van der Waals surface area contributed by atoms with E-state index in [1.165, 1.54) is 11.8 Å². The van der Waals surface area contributed by atoms with E-state index in [0.717, 1.165) is 45.5 Å². The number of hydrogen-bond acceptors (Lipinski definition) is 11. The lowest BCUT2D eigenvalue weighted by Crippen LogP contribution is -2.31. The summed E-state index contributed by atoms with van der Waals surface area (Å²) in [6.45, 7) is 0.371. The molecule has 0 spiro atoms. The van der Waals surface area contributed by atoms with Gasteiger partial charge in [0.05, 0.1) is 24.5 Å². The molecule has 0 saturated carbocycles. The number of unbranched alkanes of at least 4 members (excludes halogenated alkanes) is 2. The van der Waals surface area contributed by atoms with Crippen LogP contribution in [0.25, 0.3) is 16.8 Å². The highest BCUT2D eigenvalue weighted by atomic mass is 32.2. The van der Waals surface area contributed by atoms with Gasteiger partial charge in [0.2, 0.25) is 17.0 Å². The van der Waals surface area contributed by atoms with Gasteiger partial charge in [-0.3, -0.25) is 14.8 Å². The molecule has 2 amide bonds. The van der Waals surface area contributed by atoms with Gasteiger partial charge in [-0.1, -0.05) is 84.9 Å². The number of rotatable bonds is 16. The van der Waals surface area contributed by atoms with Crippen molar-refractivity contribution < 1.29 is 34.5 Å². The smallest absolute Gasteiger partial charge is 0.243 e. The first-order chi connectivity index (χ1) is 25.9. The number of aliphatic hydroxyl groups excluding tert-OH is 1. The van der Waals surface area contributed by atoms with Crippen LogP contribution in [0.15, 0.2) is 102 Å². The van der Waals surface area contributed by atoms with Crippen molar-refractivity contribution in [3.63, 3.8) is 0 Å². The zero-order valence-electron chi connectivity index (χ0n) is 29.0. The van der Waals surface area contributed by atoms with Crippen LogP contribution < -0.4 is 10.8 Å². The SMILES string of the molecule is O=C(CCCCCC(=O)NCc1cccc(-c2ccc([C@@H]3O[C@H](CSc4nnnn4-c4ccc(O)cc4)C[C@H](c4ccc(CO)cc4)O3)cc2)c1)NO. The van der Waals surface area contributed by atoms with Gasteiger partial charge in [0.1, 0.15) is 5.75 Å². The number of tetrazole rings is 1. The van der Waals surface area contributed by atoms with Gasteiger partial charge in [-0.2, -0.15) is 4.68 Å². The fraction of sp³-hybridized carbons (Fsp3) is 0.308. The normalized spacial score (nSPS) is 17.0. The lowest BCUT2D eigenvalue weighted by Gasteiger charge is -2.36. The lowest BCUT2D eigenvalue weighted by molar-refractivity contribution is -0.245. The number of carbonyl (C=O) groups is 2. The van der Waals surface area contributed by atoms with Gasteiger partial charge in [0.25, 0.3) is 0 Å². The Morgan fingerprint density at radius 3 is 2.30 bits per heavy atom. The van der Waals surface area contributed by atoms with Gasteiger partial charge in [0.15, 0.2) is 6.29 Å². The van der Waals surface area contributed by atoms with Crippen molar-refractivity contribution in [3.05, 3.63) is 119 Å². The van der Waals surface area contributed by atoms with Crippen LogP contribution >= 0.6 is 11.8 Å². The molecule has 2 heterocycles. The Hall–Kier alpha value is -5.12. The van der Waals surface area contributed by atoms with Crippen molar-refractivity contribution in [2.75, 3.05) is 5.75 Å². The van der Waals surface area contributed by atoms with E-state index < -0.39 is 12.2 Å². The molecule has 0 aliphatic carbocycles. The number of amides is 2. The molecule has 14 heteroatoms. The van der Waals surface area contributed by atoms with Gasteiger partial charge < -0.3 is 25.0 Å². The van der Waals surface area contributed by atoms with Crippen LogP contribution in [0.2, 0.25) is 0 Å². The molecule has 5 N–H and O–H groups in total. The third kappa shape index (κ3) is 10.5. The maximum absolute atomic E-state index is 12.4. The number of benzene rings is 4. The number of ether oxygens (including phenoxy) is 2. The average molecular weight is 739 g/mol. The van der Waals surface area contributed by atoms with E-state index in [1.54, 1.807) is 34.4 Å². The lowest BCUT2D eigenvalue weighted by atomic mass is 9.99. The van der Waals surface area contributed by atoms with E-state index in [0.29, 0.717) is 43.1 Å². The number of aliphatic hydroxyl groups is 1. The third-order valence-corrected chi connectivity index (χ3v) is 9.96. The van der Waals surface area contributed by atoms with Crippen molar-refractivity contribution in [1.29, 1.82) is 0 Å². The van der Waals surface area contributed by atoms with Crippen molar-refractivity contribution in [2.24, 2.45) is 0 Å². The summed E-state index contributed by atoms with van der Waals surface area (Å²) in [5.74, 6) is 0.259. The molecule has 1 aromatic heterocycles. The molecule has 13 nitrogen and oxygen atoms in total. The van der Waals surface area contributed by atoms with Crippen LogP contribution in [-0.2, 0) is 32.2 Å². The first-order valence-corrected chi connectivity index (χ1v) is 18.5. The van der Waals surface area contributed by atoms with E-state index >= 15 is 0 Å². The number of nitrogens with one attached hydrogen (secondary N) is 2. The molecule has 6 rings (SSSR count). The van der Waals surface area contributed by atoms with E-state index in [-0.39, 0.29) is 36.9 Å². The van der Waals surface area contributed by atoms with Crippen LogP contribution in [0, 0.1) is 0 Å². The standard InChI is InChI=1S/C39H42N6O7S/c46-24-26-9-11-29(12-10-26)35-22-34(25-53-39-41-43-44-45(39)32-17-19-33(47)20-18-32)51-38(52-35)30-15-13-28(14-16-30)31-6-4-5-27(21-31)23-40-36(48)7-2-1-3-8-37(49)42-50/h4-6,9-21,34-35,38,46-47,50H,1-3,7-8,22-25H2,(H,40,48)(H,42,49)/t34-,35+,38+/m0/s1. The number of carbonyl (C=O) groups excluding carboxylic acids is 2. The summed E-state index contributed by atoms with van der Waals surface area (Å²) >= 11 is 1.48. The fourth-order valence-corrected chi connectivity index (χ4v) is 6.91. The van der Waals surface area contributed by atoms with E-state index in [1.807, 2.05) is 66.7 Å². The Balaban J connectivity index is 1.10. The molecular weight excluding hydrogens is 697 g/mol. The summed E-state index contributed by atoms with van der Waals surface area (Å²) in [4.78, 5) is 23.5. The molecule has 5 aromatic rings. The van der Waals surface area contributed by atoms with Crippen molar-refractivity contribution in [1.82, 2.24) is 31.0 Å². The van der Waals surface area contributed by atoms with Gasteiger partial charge in [-0.05, 0) is 81.4 Å². The number of aromatic hydroxyl groups is 1. The molecule has 1 aliphatic rings. The Kier molecular flexibility index (Phi) is 13.2. The minimum absolute atomic E-state index is 0.0348. The van der Waals surface area contributed by atoms with Crippen molar-refractivity contribution in [3.8, 4) is 22.6 Å². The summed E-state index contributed by atoms with van der Waals surface area (Å²) in [6, 6.07) is 30.5. The quantitative estimate of drug-likeness (QED) is 0.0350. The molecule has 4 aromatic carbocycles. The zero-order chi connectivity index (χ0) is 37.0.